The van der Waals surface area contributed by atoms with Crippen LogP contribution in [-0.4, -0.2) is 23.1 Å². The number of urea groups is 1. The number of ether oxygens (including phenoxy) is 1. The van der Waals surface area contributed by atoms with Crippen molar-refractivity contribution in [1.29, 1.82) is 0 Å². The van der Waals surface area contributed by atoms with Crippen LogP contribution in [0.2, 0.25) is 0 Å². The van der Waals surface area contributed by atoms with E-state index in [4.69, 9.17) is 4.74 Å². The van der Waals surface area contributed by atoms with E-state index in [2.05, 4.69) is 20.6 Å². The lowest BCUT2D eigenvalue weighted by Gasteiger charge is -2.07. The predicted octanol–water partition coefficient (Wildman–Crippen LogP) is 1.81. The van der Waals surface area contributed by atoms with Crippen LogP contribution in [0, 0.1) is 0 Å². The van der Waals surface area contributed by atoms with Gasteiger partial charge in [0.05, 0.1) is 7.11 Å². The molecule has 0 spiro atoms. The number of rotatable bonds is 4. The summed E-state index contributed by atoms with van der Waals surface area (Å²) in [5.74, 6) is 1.02. The molecule has 2 heterocycles. The molecule has 0 bridgehead atoms. The number of pyridine rings is 2. The van der Waals surface area contributed by atoms with Gasteiger partial charge in [-0.15, -0.1) is 0 Å². The Bertz CT molecular complexity index is 545. The van der Waals surface area contributed by atoms with Crippen molar-refractivity contribution in [1.82, 2.24) is 15.3 Å². The van der Waals surface area contributed by atoms with Crippen molar-refractivity contribution in [2.24, 2.45) is 0 Å². The van der Waals surface area contributed by atoms with Gasteiger partial charge in [-0.05, 0) is 23.8 Å². The fourth-order valence-corrected chi connectivity index (χ4v) is 1.45. The molecule has 2 rings (SSSR count). The van der Waals surface area contributed by atoms with Gasteiger partial charge in [0.2, 0.25) is 5.88 Å². The van der Waals surface area contributed by atoms with Crippen molar-refractivity contribution in [3.63, 3.8) is 0 Å². The van der Waals surface area contributed by atoms with Gasteiger partial charge in [-0.2, -0.15) is 0 Å². The zero-order valence-corrected chi connectivity index (χ0v) is 10.5. The largest absolute Gasteiger partial charge is 0.481 e. The third-order valence-corrected chi connectivity index (χ3v) is 2.37. The summed E-state index contributed by atoms with van der Waals surface area (Å²) in [4.78, 5) is 19.6. The quantitative estimate of drug-likeness (QED) is 0.876. The number of nitrogens with one attached hydrogen (secondary N) is 2. The van der Waals surface area contributed by atoms with Crippen LogP contribution in [-0.2, 0) is 6.54 Å². The predicted molar refractivity (Wildman–Crippen MR) is 70.9 cm³/mol. The molecule has 2 N–H and O–H groups in total. The van der Waals surface area contributed by atoms with Gasteiger partial charge in [-0.3, -0.25) is 5.32 Å². The van der Waals surface area contributed by atoms with E-state index in [0.717, 1.165) is 5.56 Å². The number of hydrogen-bond acceptors (Lipinski definition) is 4. The third-order valence-electron chi connectivity index (χ3n) is 2.37. The molecule has 2 aromatic heterocycles. The second-order valence-corrected chi connectivity index (χ2v) is 3.73. The highest BCUT2D eigenvalue weighted by Gasteiger charge is 2.02. The summed E-state index contributed by atoms with van der Waals surface area (Å²) in [6, 6.07) is 8.57. The Morgan fingerprint density at radius 2 is 2.16 bits per heavy atom. The second kappa shape index (κ2) is 6.34. The standard InChI is InChI=1S/C13H14N4O2/c1-19-12-8-10(5-7-15-12)9-16-13(18)17-11-4-2-3-6-14-11/h2-8H,9H2,1H3,(H2,14,16,17,18). The van der Waals surface area contributed by atoms with Crippen LogP contribution in [0.4, 0.5) is 10.6 Å². The van der Waals surface area contributed by atoms with Crippen molar-refractivity contribution in [3.8, 4) is 5.88 Å². The first-order valence-electron chi connectivity index (χ1n) is 5.73. The molecule has 0 aliphatic rings. The Morgan fingerprint density at radius 3 is 2.89 bits per heavy atom. The molecule has 98 valence electrons. The van der Waals surface area contributed by atoms with Crippen LogP contribution in [0.1, 0.15) is 5.56 Å². The number of aromatic nitrogens is 2. The van der Waals surface area contributed by atoms with Crippen molar-refractivity contribution < 1.29 is 9.53 Å². The molecule has 2 aromatic rings. The van der Waals surface area contributed by atoms with Crippen LogP contribution >= 0.6 is 0 Å². The fourth-order valence-electron chi connectivity index (χ4n) is 1.45. The van der Waals surface area contributed by atoms with Gasteiger partial charge in [-0.1, -0.05) is 6.07 Å². The molecule has 0 aromatic carbocycles. The Hall–Kier alpha value is -2.63. The lowest BCUT2D eigenvalue weighted by Crippen LogP contribution is -2.28. The average molecular weight is 258 g/mol. The zero-order valence-electron chi connectivity index (χ0n) is 10.5. The highest BCUT2D eigenvalue weighted by atomic mass is 16.5. The number of methoxy groups -OCH3 is 1. The van der Waals surface area contributed by atoms with Gasteiger partial charge in [0.1, 0.15) is 5.82 Å². The molecule has 0 unspecified atom stereocenters. The summed E-state index contributed by atoms with van der Waals surface area (Å²) in [6.07, 6.45) is 3.25. The molecule has 0 saturated carbocycles. The number of hydrogen-bond donors (Lipinski definition) is 2. The SMILES string of the molecule is COc1cc(CNC(=O)Nc2ccccn2)ccn1. The highest BCUT2D eigenvalue weighted by molar-refractivity contribution is 5.88. The molecular weight excluding hydrogens is 244 g/mol. The molecule has 0 atom stereocenters. The maximum absolute atomic E-state index is 11.6. The first-order valence-corrected chi connectivity index (χ1v) is 5.73. The summed E-state index contributed by atoms with van der Waals surface area (Å²) in [6.45, 7) is 0.386. The zero-order chi connectivity index (χ0) is 13.5. The monoisotopic (exact) mass is 258 g/mol. The molecule has 0 fully saturated rings. The van der Waals surface area contributed by atoms with Gasteiger partial charge < -0.3 is 10.1 Å². The van der Waals surface area contributed by atoms with Crippen molar-refractivity contribution >= 4 is 11.8 Å². The lowest BCUT2D eigenvalue weighted by molar-refractivity contribution is 0.251. The van der Waals surface area contributed by atoms with Gasteiger partial charge in [0, 0.05) is 25.0 Å². The van der Waals surface area contributed by atoms with Crippen LogP contribution in [0.25, 0.3) is 0 Å². The first-order chi connectivity index (χ1) is 9.28. The van der Waals surface area contributed by atoms with E-state index in [1.54, 1.807) is 43.8 Å². The molecule has 0 saturated heterocycles. The van der Waals surface area contributed by atoms with Crippen molar-refractivity contribution in [2.45, 2.75) is 6.54 Å². The lowest BCUT2D eigenvalue weighted by atomic mass is 10.2. The summed E-state index contributed by atoms with van der Waals surface area (Å²) in [7, 11) is 1.55. The average Bonchev–Trinajstić information content (AvgIpc) is 2.46. The molecule has 19 heavy (non-hydrogen) atoms. The molecule has 6 nitrogen and oxygen atoms in total. The molecule has 0 radical (unpaired) electrons. The van der Waals surface area contributed by atoms with E-state index in [1.807, 2.05) is 6.07 Å². The maximum Gasteiger partial charge on any atom is 0.320 e. The maximum atomic E-state index is 11.6. The normalized spacial score (nSPS) is 9.74. The van der Waals surface area contributed by atoms with E-state index >= 15 is 0 Å². The molecule has 0 aliphatic heterocycles. The smallest absolute Gasteiger partial charge is 0.320 e. The first kappa shape index (κ1) is 12.8. The van der Waals surface area contributed by atoms with Crippen LogP contribution in [0.15, 0.2) is 42.7 Å². The minimum Gasteiger partial charge on any atom is -0.481 e. The molecular formula is C13H14N4O2. The number of amides is 2. The van der Waals surface area contributed by atoms with Crippen LogP contribution < -0.4 is 15.4 Å². The van der Waals surface area contributed by atoms with Gasteiger partial charge >= 0.3 is 6.03 Å². The highest BCUT2D eigenvalue weighted by Crippen LogP contribution is 2.08. The topological polar surface area (TPSA) is 76.1 Å². The van der Waals surface area contributed by atoms with E-state index in [0.29, 0.717) is 18.2 Å². The second-order valence-electron chi connectivity index (χ2n) is 3.73. The van der Waals surface area contributed by atoms with Crippen molar-refractivity contribution in [3.05, 3.63) is 48.3 Å². The molecule has 2 amide bonds. The number of carbonyl (C=O) groups excluding carboxylic acids is 1. The van der Waals surface area contributed by atoms with Crippen LogP contribution in [0.5, 0.6) is 5.88 Å². The Labute approximate surface area is 110 Å². The van der Waals surface area contributed by atoms with Crippen molar-refractivity contribution in [2.75, 3.05) is 12.4 Å². The Balaban J connectivity index is 1.86. The molecule has 6 heteroatoms. The summed E-state index contributed by atoms with van der Waals surface area (Å²) >= 11 is 0. The summed E-state index contributed by atoms with van der Waals surface area (Å²) in [5, 5.41) is 5.36. The Kier molecular flexibility index (Phi) is 4.28. The fraction of sp³-hybridized carbons (Fsp3) is 0.154. The van der Waals surface area contributed by atoms with E-state index in [-0.39, 0.29) is 6.03 Å². The minimum atomic E-state index is -0.311. The number of nitrogens with zero attached hydrogens (tertiary/aromatic N) is 2. The number of anilines is 1. The number of carbonyl (C=O) groups is 1. The molecule has 0 aliphatic carbocycles. The Morgan fingerprint density at radius 1 is 1.26 bits per heavy atom. The van der Waals surface area contributed by atoms with Crippen LogP contribution in [0.3, 0.4) is 0 Å². The summed E-state index contributed by atoms with van der Waals surface area (Å²) < 4.78 is 5.01. The van der Waals surface area contributed by atoms with Gasteiger partial charge in [-0.25, -0.2) is 14.8 Å². The van der Waals surface area contributed by atoms with E-state index in [1.165, 1.54) is 0 Å². The van der Waals surface area contributed by atoms with E-state index < -0.39 is 0 Å². The minimum absolute atomic E-state index is 0.311. The summed E-state index contributed by atoms with van der Waals surface area (Å²) in [5.41, 5.74) is 0.906. The van der Waals surface area contributed by atoms with E-state index in [9.17, 15) is 4.79 Å². The third kappa shape index (κ3) is 3.95. The van der Waals surface area contributed by atoms with Gasteiger partial charge in [0.15, 0.2) is 0 Å². The van der Waals surface area contributed by atoms with Gasteiger partial charge in [0.25, 0.3) is 0 Å².